The van der Waals surface area contributed by atoms with Gasteiger partial charge < -0.3 is 8.83 Å². The van der Waals surface area contributed by atoms with Gasteiger partial charge in [-0.1, -0.05) is 121 Å². The number of rotatable bonds is 3. The third kappa shape index (κ3) is 4.20. The molecule has 53 heavy (non-hydrogen) atoms. The number of hydrogen-bond donors (Lipinski definition) is 0. The predicted octanol–water partition coefficient (Wildman–Crippen LogP) is 15.2. The van der Waals surface area contributed by atoms with Gasteiger partial charge in [0.1, 0.15) is 5.58 Å². The molecule has 0 atom stereocenters. The lowest BCUT2D eigenvalue weighted by Crippen LogP contribution is -1.90. The first-order valence-electron chi connectivity index (χ1n) is 18.0. The highest BCUT2D eigenvalue weighted by molar-refractivity contribution is 7.25. The van der Waals surface area contributed by atoms with Crippen LogP contribution in [0.15, 0.2) is 179 Å². The average Bonchev–Trinajstić information content (AvgIpc) is 3.92. The normalized spacial score (nSPS) is 12.2. The van der Waals surface area contributed by atoms with Crippen molar-refractivity contribution in [1.29, 1.82) is 0 Å². The summed E-state index contributed by atoms with van der Waals surface area (Å²) >= 11 is 1.87. The molecule has 2 nitrogen and oxygen atoms in total. The third-order valence-corrected chi connectivity index (χ3v) is 12.3. The van der Waals surface area contributed by atoms with Crippen LogP contribution in [-0.4, -0.2) is 0 Å². The van der Waals surface area contributed by atoms with Crippen molar-refractivity contribution in [3.63, 3.8) is 0 Å². The minimum absolute atomic E-state index is 0.777. The summed E-state index contributed by atoms with van der Waals surface area (Å²) in [6.45, 7) is 0. The van der Waals surface area contributed by atoms with Gasteiger partial charge in [-0.15, -0.1) is 11.3 Å². The second-order valence-corrected chi connectivity index (χ2v) is 15.1. The monoisotopic (exact) mass is 692 g/mol. The Morgan fingerprint density at radius 1 is 0.358 bits per heavy atom. The summed E-state index contributed by atoms with van der Waals surface area (Å²) in [5, 5.41) is 13.2. The van der Waals surface area contributed by atoms with Crippen molar-refractivity contribution in [3.05, 3.63) is 170 Å². The van der Waals surface area contributed by atoms with Gasteiger partial charge >= 0.3 is 0 Å². The lowest BCUT2D eigenvalue weighted by molar-refractivity contribution is 0.600. The quantitative estimate of drug-likeness (QED) is 0.172. The molecule has 12 aromatic rings. The molecular weight excluding hydrogens is 665 g/mol. The summed E-state index contributed by atoms with van der Waals surface area (Å²) in [6.07, 6.45) is 1.87. The summed E-state index contributed by atoms with van der Waals surface area (Å²) in [7, 11) is 0. The average molecular weight is 693 g/mol. The van der Waals surface area contributed by atoms with Gasteiger partial charge in [0.25, 0.3) is 0 Å². The lowest BCUT2D eigenvalue weighted by Gasteiger charge is -2.17. The van der Waals surface area contributed by atoms with Crippen molar-refractivity contribution >= 4 is 96.7 Å². The molecule has 9 aromatic carbocycles. The fourth-order valence-corrected chi connectivity index (χ4v) is 9.84. The van der Waals surface area contributed by atoms with Crippen LogP contribution in [0.25, 0.3) is 119 Å². The van der Waals surface area contributed by atoms with Crippen LogP contribution in [0.2, 0.25) is 0 Å². The molecule has 0 saturated heterocycles. The molecular formula is C50H28O2S. The van der Waals surface area contributed by atoms with Crippen molar-refractivity contribution in [2.75, 3.05) is 0 Å². The highest BCUT2D eigenvalue weighted by atomic mass is 32.1. The molecule has 0 unspecified atom stereocenters. The summed E-state index contributed by atoms with van der Waals surface area (Å²) in [5.41, 5.74) is 9.45. The van der Waals surface area contributed by atoms with E-state index in [2.05, 4.69) is 164 Å². The van der Waals surface area contributed by atoms with E-state index in [9.17, 15) is 0 Å². The highest BCUT2D eigenvalue weighted by Crippen LogP contribution is 2.47. The smallest absolute Gasteiger partial charge is 0.178 e. The Balaban J connectivity index is 1.05. The van der Waals surface area contributed by atoms with Crippen molar-refractivity contribution in [3.8, 4) is 33.4 Å². The number of benzene rings is 9. The van der Waals surface area contributed by atoms with E-state index < -0.39 is 0 Å². The molecule has 0 aliphatic heterocycles. The zero-order chi connectivity index (χ0) is 34.6. The SMILES string of the molecule is c1ccc2cc(-c3coc4c3ccc3c5ccc(-c6c7ccccc7c(-c7ccc8c(c7)sc7ccccc78)c7ccccc67)cc5oc34)ccc2c1. The van der Waals surface area contributed by atoms with E-state index in [4.69, 9.17) is 8.83 Å². The number of furan rings is 2. The van der Waals surface area contributed by atoms with Crippen LogP contribution < -0.4 is 0 Å². The summed E-state index contributed by atoms with van der Waals surface area (Å²) in [6, 6.07) is 59.5. The van der Waals surface area contributed by atoms with Gasteiger partial charge in [0.05, 0.1) is 6.26 Å². The first-order chi connectivity index (χ1) is 26.3. The Kier molecular flexibility index (Phi) is 5.96. The number of hydrogen-bond acceptors (Lipinski definition) is 3. The minimum Gasteiger partial charge on any atom is -0.460 e. The maximum Gasteiger partial charge on any atom is 0.178 e. The number of fused-ring (bicyclic) bond motifs is 11. The molecule has 0 aliphatic rings. The van der Waals surface area contributed by atoms with E-state index in [1.165, 1.54) is 69.2 Å². The highest BCUT2D eigenvalue weighted by Gasteiger charge is 2.20. The molecule has 12 rings (SSSR count). The first-order valence-corrected chi connectivity index (χ1v) is 18.8. The molecule has 246 valence electrons. The van der Waals surface area contributed by atoms with Crippen LogP contribution >= 0.6 is 11.3 Å². The van der Waals surface area contributed by atoms with Crippen LogP contribution in [0, 0.1) is 0 Å². The van der Waals surface area contributed by atoms with Gasteiger partial charge in [0.2, 0.25) is 0 Å². The van der Waals surface area contributed by atoms with E-state index in [0.717, 1.165) is 49.6 Å². The van der Waals surface area contributed by atoms with E-state index in [-0.39, 0.29) is 0 Å². The molecule has 0 saturated carbocycles. The third-order valence-electron chi connectivity index (χ3n) is 11.1. The largest absolute Gasteiger partial charge is 0.460 e. The maximum absolute atomic E-state index is 6.74. The number of thiophene rings is 1. The lowest BCUT2D eigenvalue weighted by atomic mass is 9.85. The molecule has 0 bridgehead atoms. The molecule has 0 aliphatic carbocycles. The van der Waals surface area contributed by atoms with Crippen molar-refractivity contribution < 1.29 is 8.83 Å². The first kappa shape index (κ1) is 29.0. The zero-order valence-corrected chi connectivity index (χ0v) is 29.2. The maximum atomic E-state index is 6.74. The summed E-state index contributed by atoms with van der Waals surface area (Å²) in [4.78, 5) is 0. The van der Waals surface area contributed by atoms with Gasteiger partial charge in [-0.3, -0.25) is 0 Å². The summed E-state index contributed by atoms with van der Waals surface area (Å²) in [5.74, 6) is 0. The molecule has 0 amide bonds. The molecule has 3 heterocycles. The van der Waals surface area contributed by atoms with Crippen LogP contribution in [0.3, 0.4) is 0 Å². The minimum atomic E-state index is 0.777. The second kappa shape index (κ2) is 10.9. The Morgan fingerprint density at radius 2 is 0.925 bits per heavy atom. The summed E-state index contributed by atoms with van der Waals surface area (Å²) < 4.78 is 15.7. The van der Waals surface area contributed by atoms with E-state index in [1.807, 2.05) is 17.6 Å². The fraction of sp³-hybridized carbons (Fsp3) is 0. The van der Waals surface area contributed by atoms with E-state index in [1.54, 1.807) is 0 Å². The van der Waals surface area contributed by atoms with Crippen LogP contribution in [0.4, 0.5) is 0 Å². The van der Waals surface area contributed by atoms with E-state index >= 15 is 0 Å². The van der Waals surface area contributed by atoms with Gasteiger partial charge in [-0.2, -0.15) is 0 Å². The van der Waals surface area contributed by atoms with Gasteiger partial charge in [-0.05, 0) is 103 Å². The Hall–Kier alpha value is -6.68. The van der Waals surface area contributed by atoms with Crippen molar-refractivity contribution in [1.82, 2.24) is 0 Å². The van der Waals surface area contributed by atoms with Crippen LogP contribution in [0.1, 0.15) is 0 Å². The molecule has 3 heteroatoms. The Labute approximate surface area is 307 Å². The Morgan fingerprint density at radius 3 is 1.68 bits per heavy atom. The van der Waals surface area contributed by atoms with Crippen LogP contribution in [0.5, 0.6) is 0 Å². The molecule has 0 fully saturated rings. The molecule has 0 N–H and O–H groups in total. The topological polar surface area (TPSA) is 26.3 Å². The second-order valence-electron chi connectivity index (χ2n) is 14.0. The van der Waals surface area contributed by atoms with E-state index in [0.29, 0.717) is 0 Å². The van der Waals surface area contributed by atoms with Gasteiger partial charge in [-0.25, -0.2) is 0 Å². The molecule has 3 aromatic heterocycles. The zero-order valence-electron chi connectivity index (χ0n) is 28.4. The van der Waals surface area contributed by atoms with Crippen molar-refractivity contribution in [2.24, 2.45) is 0 Å². The standard InChI is InChI=1S/C50H28O2S/c1-2-10-30-25-31(18-17-29(30)9-1)43-28-51-49-42(43)24-23-41-34-21-19-32(26-44(34)52-50(41)49)47-37-12-3-5-14-39(37)48(40-15-6-4-13-38(40)47)33-20-22-36-35-11-7-8-16-45(35)53-46(36)27-33/h1-28H. The van der Waals surface area contributed by atoms with Gasteiger partial charge in [0, 0.05) is 41.9 Å². The fourth-order valence-electron chi connectivity index (χ4n) is 8.69. The molecule has 0 spiro atoms. The van der Waals surface area contributed by atoms with Gasteiger partial charge in [0.15, 0.2) is 11.2 Å². The van der Waals surface area contributed by atoms with Crippen molar-refractivity contribution in [2.45, 2.75) is 0 Å². The van der Waals surface area contributed by atoms with Crippen LogP contribution in [-0.2, 0) is 0 Å². The predicted molar refractivity (Wildman–Crippen MR) is 225 cm³/mol. The Bertz CT molecular complexity index is 3410. The molecule has 0 radical (unpaired) electrons.